The molecule has 1 aliphatic heterocycles. The summed E-state index contributed by atoms with van der Waals surface area (Å²) in [4.78, 5) is 1.21. The zero-order valence-corrected chi connectivity index (χ0v) is 9.44. The van der Waals surface area contributed by atoms with Gasteiger partial charge in [0.15, 0.2) is 0 Å². The number of para-hydroxylation sites is 1. The Morgan fingerprint density at radius 2 is 2.07 bits per heavy atom. The second-order valence-corrected chi connectivity index (χ2v) is 6.01. The highest BCUT2D eigenvalue weighted by Gasteiger charge is 2.38. The minimum atomic E-state index is 0.382. The zero-order valence-electron chi connectivity index (χ0n) is 8.62. The Hall–Kier alpha value is -0.830. The highest BCUT2D eigenvalue weighted by Crippen LogP contribution is 2.51. The molecule has 1 aliphatic carbocycles. The third kappa shape index (κ3) is 1.49. The Morgan fingerprint density at radius 3 is 2.87 bits per heavy atom. The molecular formula is C12H15NOS. The van der Waals surface area contributed by atoms with Gasteiger partial charge in [-0.25, -0.2) is 0 Å². The minimum absolute atomic E-state index is 0.382. The highest BCUT2D eigenvalue weighted by molar-refractivity contribution is 8.01. The molecule has 2 aliphatic rings. The summed E-state index contributed by atoms with van der Waals surface area (Å²) in [6.07, 6.45) is 5.31. The van der Waals surface area contributed by atoms with E-state index in [4.69, 9.17) is 0 Å². The van der Waals surface area contributed by atoms with Crippen LogP contribution in [0.1, 0.15) is 25.7 Å². The van der Waals surface area contributed by atoms with Gasteiger partial charge < -0.3 is 10.4 Å². The van der Waals surface area contributed by atoms with Crippen molar-refractivity contribution in [3.8, 4) is 5.75 Å². The first-order valence-electron chi connectivity index (χ1n) is 5.54. The van der Waals surface area contributed by atoms with Gasteiger partial charge in [0.2, 0.25) is 0 Å². The maximum atomic E-state index is 9.71. The topological polar surface area (TPSA) is 32.3 Å². The summed E-state index contributed by atoms with van der Waals surface area (Å²) in [5, 5.41) is 13.1. The van der Waals surface area contributed by atoms with Crippen molar-refractivity contribution in [2.24, 2.45) is 0 Å². The summed E-state index contributed by atoms with van der Waals surface area (Å²) in [6.45, 7) is 1.00. The van der Waals surface area contributed by atoms with Crippen LogP contribution in [-0.4, -0.2) is 16.4 Å². The lowest BCUT2D eigenvalue weighted by atomic mass is 10.1. The van der Waals surface area contributed by atoms with Gasteiger partial charge in [0, 0.05) is 16.2 Å². The van der Waals surface area contributed by atoms with Gasteiger partial charge in [-0.15, -0.1) is 11.8 Å². The van der Waals surface area contributed by atoms with E-state index in [1.165, 1.54) is 30.6 Å². The number of benzene rings is 1. The van der Waals surface area contributed by atoms with Crippen LogP contribution in [0.2, 0.25) is 0 Å². The van der Waals surface area contributed by atoms with Crippen molar-refractivity contribution < 1.29 is 5.11 Å². The van der Waals surface area contributed by atoms with Crippen molar-refractivity contribution in [1.82, 2.24) is 0 Å². The van der Waals surface area contributed by atoms with Crippen LogP contribution in [0.4, 0.5) is 5.69 Å². The molecular weight excluding hydrogens is 206 g/mol. The number of nitrogens with one attached hydrogen (secondary N) is 1. The number of hydrogen-bond acceptors (Lipinski definition) is 3. The third-order valence-electron chi connectivity index (χ3n) is 3.43. The molecule has 1 spiro atoms. The van der Waals surface area contributed by atoms with Crippen LogP contribution in [0.5, 0.6) is 5.75 Å². The smallest absolute Gasteiger partial charge is 0.139 e. The fraction of sp³-hybridized carbons (Fsp3) is 0.500. The number of thioether (sulfide) groups is 1. The summed E-state index contributed by atoms with van der Waals surface area (Å²) in [7, 11) is 0. The fourth-order valence-corrected chi connectivity index (χ4v) is 4.13. The molecule has 0 bridgehead atoms. The normalized spacial score (nSPS) is 22.4. The lowest BCUT2D eigenvalue weighted by molar-refractivity contribution is 0.474. The van der Waals surface area contributed by atoms with E-state index in [1.807, 2.05) is 17.8 Å². The number of aromatic hydroxyl groups is 1. The number of hydrogen-bond donors (Lipinski definition) is 2. The summed E-state index contributed by atoms with van der Waals surface area (Å²) >= 11 is 1.96. The molecule has 1 saturated carbocycles. The van der Waals surface area contributed by atoms with Gasteiger partial charge in [-0.1, -0.05) is 18.9 Å². The number of anilines is 1. The molecule has 0 atom stereocenters. The Balaban J connectivity index is 1.96. The fourth-order valence-electron chi connectivity index (χ4n) is 2.60. The molecule has 3 heteroatoms. The van der Waals surface area contributed by atoms with Crippen LogP contribution in [0.15, 0.2) is 23.1 Å². The number of rotatable bonds is 0. The first kappa shape index (κ1) is 9.40. The van der Waals surface area contributed by atoms with E-state index in [2.05, 4.69) is 11.4 Å². The first-order valence-corrected chi connectivity index (χ1v) is 6.36. The molecule has 0 saturated heterocycles. The first-order chi connectivity index (χ1) is 7.29. The average molecular weight is 221 g/mol. The lowest BCUT2D eigenvalue weighted by Crippen LogP contribution is -2.33. The van der Waals surface area contributed by atoms with Gasteiger partial charge in [-0.05, 0) is 25.0 Å². The molecule has 0 unspecified atom stereocenters. The zero-order chi connectivity index (χ0) is 10.3. The van der Waals surface area contributed by atoms with Gasteiger partial charge >= 0.3 is 0 Å². The van der Waals surface area contributed by atoms with Crippen LogP contribution in [0.25, 0.3) is 0 Å². The van der Waals surface area contributed by atoms with E-state index in [9.17, 15) is 5.11 Å². The monoisotopic (exact) mass is 221 g/mol. The van der Waals surface area contributed by atoms with Crippen molar-refractivity contribution in [2.75, 3.05) is 11.9 Å². The highest BCUT2D eigenvalue weighted by atomic mass is 32.2. The largest absolute Gasteiger partial charge is 0.506 e. The molecule has 0 radical (unpaired) electrons. The maximum absolute atomic E-state index is 9.71. The lowest BCUT2D eigenvalue weighted by Gasteiger charge is -2.34. The van der Waals surface area contributed by atoms with E-state index in [1.54, 1.807) is 6.07 Å². The molecule has 2 N–H and O–H groups in total. The third-order valence-corrected chi connectivity index (χ3v) is 4.98. The van der Waals surface area contributed by atoms with Crippen molar-refractivity contribution in [1.29, 1.82) is 0 Å². The Kier molecular flexibility index (Phi) is 2.09. The summed E-state index contributed by atoms with van der Waals surface area (Å²) in [5.74, 6) is 0.382. The van der Waals surface area contributed by atoms with Gasteiger partial charge in [0.05, 0.1) is 5.69 Å². The van der Waals surface area contributed by atoms with Crippen molar-refractivity contribution in [3.05, 3.63) is 18.2 Å². The predicted molar refractivity (Wildman–Crippen MR) is 63.7 cm³/mol. The molecule has 0 aromatic heterocycles. The molecule has 80 valence electrons. The van der Waals surface area contributed by atoms with Crippen molar-refractivity contribution in [2.45, 2.75) is 35.3 Å². The van der Waals surface area contributed by atoms with Gasteiger partial charge in [0.1, 0.15) is 5.75 Å². The minimum Gasteiger partial charge on any atom is -0.506 e. The van der Waals surface area contributed by atoms with E-state index >= 15 is 0 Å². The number of phenols is 1. The molecule has 1 heterocycles. The maximum Gasteiger partial charge on any atom is 0.139 e. The molecule has 15 heavy (non-hydrogen) atoms. The average Bonchev–Trinajstić information content (AvgIpc) is 2.66. The molecule has 1 aromatic carbocycles. The second-order valence-electron chi connectivity index (χ2n) is 4.50. The van der Waals surface area contributed by atoms with Crippen LogP contribution in [0, 0.1) is 0 Å². The van der Waals surface area contributed by atoms with E-state index in [-0.39, 0.29) is 0 Å². The second kappa shape index (κ2) is 3.34. The molecule has 0 amide bonds. The summed E-state index contributed by atoms with van der Waals surface area (Å²) in [6, 6.07) is 5.78. The Bertz CT molecular complexity index is 385. The Morgan fingerprint density at radius 1 is 1.27 bits per heavy atom. The Labute approximate surface area is 94.1 Å². The van der Waals surface area contributed by atoms with Crippen LogP contribution in [-0.2, 0) is 0 Å². The summed E-state index contributed by atoms with van der Waals surface area (Å²) < 4.78 is 0.404. The summed E-state index contributed by atoms with van der Waals surface area (Å²) in [5.41, 5.74) is 0.931. The standard InChI is InChI=1S/C12H15NOS/c14-9-4-3-5-10-11(9)13-8-12(15-10)6-1-2-7-12/h3-5,13-14H,1-2,6-8H2. The van der Waals surface area contributed by atoms with Crippen molar-refractivity contribution in [3.63, 3.8) is 0 Å². The molecule has 1 aromatic rings. The SMILES string of the molecule is Oc1cccc2c1NCC1(CCCC1)S2. The van der Waals surface area contributed by atoms with E-state index < -0.39 is 0 Å². The van der Waals surface area contributed by atoms with E-state index in [0.717, 1.165) is 12.2 Å². The van der Waals surface area contributed by atoms with Crippen LogP contribution >= 0.6 is 11.8 Å². The van der Waals surface area contributed by atoms with Crippen LogP contribution in [0.3, 0.4) is 0 Å². The van der Waals surface area contributed by atoms with Crippen LogP contribution < -0.4 is 5.32 Å². The van der Waals surface area contributed by atoms with Gasteiger partial charge in [-0.3, -0.25) is 0 Å². The van der Waals surface area contributed by atoms with E-state index in [0.29, 0.717) is 10.5 Å². The predicted octanol–water partition coefficient (Wildman–Crippen LogP) is 3.22. The molecule has 2 nitrogen and oxygen atoms in total. The quantitative estimate of drug-likeness (QED) is 0.660. The molecule has 3 rings (SSSR count). The molecule has 1 fully saturated rings. The number of fused-ring (bicyclic) bond motifs is 1. The van der Waals surface area contributed by atoms with Gasteiger partial charge in [0.25, 0.3) is 0 Å². The van der Waals surface area contributed by atoms with Crippen molar-refractivity contribution >= 4 is 17.4 Å². The number of phenolic OH excluding ortho intramolecular Hbond substituents is 1. The van der Waals surface area contributed by atoms with Gasteiger partial charge in [-0.2, -0.15) is 0 Å².